The van der Waals surface area contributed by atoms with Gasteiger partial charge in [0.2, 0.25) is 0 Å². The van der Waals surface area contributed by atoms with Crippen LogP contribution in [0.4, 0.5) is 0 Å². The second kappa shape index (κ2) is 9.33. The van der Waals surface area contributed by atoms with Crippen molar-refractivity contribution in [1.82, 2.24) is 9.55 Å². The Kier molecular flexibility index (Phi) is 6.84. The van der Waals surface area contributed by atoms with E-state index in [1.807, 2.05) is 30.5 Å². The van der Waals surface area contributed by atoms with Gasteiger partial charge in [-0.2, -0.15) is 0 Å². The lowest BCUT2D eigenvalue weighted by Crippen LogP contribution is -2.22. The summed E-state index contributed by atoms with van der Waals surface area (Å²) in [5.41, 5.74) is 2.52. The Hall–Kier alpha value is -2.20. The third kappa shape index (κ3) is 6.45. The summed E-state index contributed by atoms with van der Waals surface area (Å²) < 4.78 is 8.11. The predicted octanol–water partition coefficient (Wildman–Crippen LogP) is 6.16. The Morgan fingerprint density at radius 3 is 2.46 bits per heavy atom. The van der Waals surface area contributed by atoms with E-state index in [9.17, 15) is 0 Å². The second-order valence-corrected chi connectivity index (χ2v) is 9.50. The van der Waals surface area contributed by atoms with Crippen LogP contribution >= 0.6 is 11.8 Å². The Morgan fingerprint density at radius 1 is 1.07 bits per heavy atom. The van der Waals surface area contributed by atoms with Crippen molar-refractivity contribution in [3.63, 3.8) is 0 Å². The first kappa shape index (κ1) is 20.5. The normalized spacial score (nSPS) is 12.7. The number of imidazole rings is 1. The number of hydrogen-bond acceptors (Lipinski definition) is 3. The standard InChI is InChI=1S/C24H30N2OS/c1-19-7-5-6-8-23(19)28-22(17-26-16-15-25-18-26)14-11-20-9-12-21(13-10-20)27-24(2,3)4/h5-10,12-13,15-16,18,22H,11,14,17H2,1-4H3. The zero-order valence-corrected chi connectivity index (χ0v) is 18.1. The fourth-order valence-electron chi connectivity index (χ4n) is 3.09. The highest BCUT2D eigenvalue weighted by Gasteiger charge is 2.14. The number of ether oxygens (including phenoxy) is 1. The van der Waals surface area contributed by atoms with Crippen molar-refractivity contribution >= 4 is 11.8 Å². The molecule has 148 valence electrons. The van der Waals surface area contributed by atoms with Crippen LogP contribution in [0.1, 0.15) is 38.3 Å². The molecule has 0 aliphatic carbocycles. The van der Waals surface area contributed by atoms with E-state index in [0.29, 0.717) is 5.25 Å². The number of nitrogens with zero attached hydrogens (tertiary/aromatic N) is 2. The maximum atomic E-state index is 5.93. The van der Waals surface area contributed by atoms with Gasteiger partial charge in [0, 0.05) is 29.1 Å². The molecule has 28 heavy (non-hydrogen) atoms. The molecule has 0 amide bonds. The molecule has 0 aliphatic rings. The van der Waals surface area contributed by atoms with Gasteiger partial charge in [-0.15, -0.1) is 11.8 Å². The average Bonchev–Trinajstić information content (AvgIpc) is 3.14. The lowest BCUT2D eigenvalue weighted by Gasteiger charge is -2.21. The minimum atomic E-state index is -0.165. The van der Waals surface area contributed by atoms with Crippen LogP contribution in [0.5, 0.6) is 5.75 Å². The molecular weight excluding hydrogens is 364 g/mol. The molecule has 0 N–H and O–H groups in total. The Morgan fingerprint density at radius 2 is 1.82 bits per heavy atom. The smallest absolute Gasteiger partial charge is 0.120 e. The first-order chi connectivity index (χ1) is 13.4. The minimum absolute atomic E-state index is 0.165. The Labute approximate surface area is 173 Å². The molecular formula is C24H30N2OS. The van der Waals surface area contributed by atoms with E-state index in [-0.39, 0.29) is 5.60 Å². The fourth-order valence-corrected chi connectivity index (χ4v) is 4.34. The average molecular weight is 395 g/mol. The molecule has 4 heteroatoms. The molecule has 0 bridgehead atoms. The molecule has 0 radical (unpaired) electrons. The van der Waals surface area contributed by atoms with Crippen LogP contribution in [-0.4, -0.2) is 20.4 Å². The highest BCUT2D eigenvalue weighted by Crippen LogP contribution is 2.30. The van der Waals surface area contributed by atoms with E-state index in [1.165, 1.54) is 16.0 Å². The van der Waals surface area contributed by atoms with Crippen LogP contribution in [0.25, 0.3) is 0 Å². The van der Waals surface area contributed by atoms with Crippen molar-refractivity contribution in [2.75, 3.05) is 0 Å². The topological polar surface area (TPSA) is 27.1 Å². The maximum Gasteiger partial charge on any atom is 0.120 e. The Balaban J connectivity index is 1.64. The number of aromatic nitrogens is 2. The van der Waals surface area contributed by atoms with Crippen LogP contribution in [0.3, 0.4) is 0 Å². The maximum absolute atomic E-state index is 5.93. The summed E-state index contributed by atoms with van der Waals surface area (Å²) in [6.45, 7) is 9.37. The fraction of sp³-hybridized carbons (Fsp3) is 0.375. The number of aryl methyl sites for hydroxylation is 2. The van der Waals surface area contributed by atoms with Gasteiger partial charge < -0.3 is 9.30 Å². The molecule has 1 atom stereocenters. The highest BCUT2D eigenvalue weighted by molar-refractivity contribution is 8.00. The molecule has 1 aromatic heterocycles. The Bertz CT molecular complexity index is 851. The van der Waals surface area contributed by atoms with Gasteiger partial charge in [-0.3, -0.25) is 0 Å². The monoisotopic (exact) mass is 394 g/mol. The zero-order chi connectivity index (χ0) is 20.0. The van der Waals surface area contributed by atoms with Crippen LogP contribution in [0.2, 0.25) is 0 Å². The van der Waals surface area contributed by atoms with E-state index in [4.69, 9.17) is 4.74 Å². The summed E-state index contributed by atoms with van der Waals surface area (Å²) in [5, 5.41) is 0.487. The van der Waals surface area contributed by atoms with E-state index in [2.05, 4.69) is 85.8 Å². The predicted molar refractivity (Wildman–Crippen MR) is 118 cm³/mol. The lowest BCUT2D eigenvalue weighted by molar-refractivity contribution is 0.131. The molecule has 0 saturated heterocycles. The quantitative estimate of drug-likeness (QED) is 0.428. The van der Waals surface area contributed by atoms with Gasteiger partial charge in [-0.05, 0) is 69.9 Å². The van der Waals surface area contributed by atoms with Gasteiger partial charge in [0.25, 0.3) is 0 Å². The van der Waals surface area contributed by atoms with E-state index in [0.717, 1.165) is 25.1 Å². The van der Waals surface area contributed by atoms with Crippen molar-refractivity contribution in [3.05, 3.63) is 78.4 Å². The molecule has 0 saturated carbocycles. The molecule has 0 spiro atoms. The van der Waals surface area contributed by atoms with E-state index >= 15 is 0 Å². The molecule has 1 heterocycles. The number of benzene rings is 2. The summed E-state index contributed by atoms with van der Waals surface area (Å²) >= 11 is 1.97. The van der Waals surface area contributed by atoms with Crippen LogP contribution in [0, 0.1) is 6.92 Å². The number of rotatable bonds is 8. The van der Waals surface area contributed by atoms with Crippen molar-refractivity contribution in [2.45, 2.75) is 62.8 Å². The molecule has 3 rings (SSSR count). The molecule has 1 unspecified atom stereocenters. The van der Waals surface area contributed by atoms with Gasteiger partial charge in [0.05, 0.1) is 6.33 Å². The van der Waals surface area contributed by atoms with E-state index < -0.39 is 0 Å². The SMILES string of the molecule is Cc1ccccc1SC(CCc1ccc(OC(C)(C)C)cc1)Cn1ccnc1. The van der Waals surface area contributed by atoms with Gasteiger partial charge in [0.15, 0.2) is 0 Å². The van der Waals surface area contributed by atoms with Crippen molar-refractivity contribution < 1.29 is 4.74 Å². The zero-order valence-electron chi connectivity index (χ0n) is 17.3. The second-order valence-electron chi connectivity index (χ2n) is 8.16. The van der Waals surface area contributed by atoms with Crippen molar-refractivity contribution in [1.29, 1.82) is 0 Å². The van der Waals surface area contributed by atoms with Crippen LogP contribution < -0.4 is 4.74 Å². The van der Waals surface area contributed by atoms with E-state index in [1.54, 1.807) is 0 Å². The third-order valence-electron chi connectivity index (χ3n) is 4.46. The largest absolute Gasteiger partial charge is 0.488 e. The molecule has 2 aromatic carbocycles. The molecule has 0 aliphatic heterocycles. The number of thioether (sulfide) groups is 1. The van der Waals surface area contributed by atoms with Crippen LogP contribution in [-0.2, 0) is 13.0 Å². The van der Waals surface area contributed by atoms with Crippen molar-refractivity contribution in [3.8, 4) is 5.75 Å². The molecule has 3 nitrogen and oxygen atoms in total. The lowest BCUT2D eigenvalue weighted by atomic mass is 10.1. The number of hydrogen-bond donors (Lipinski definition) is 0. The summed E-state index contributed by atoms with van der Waals surface area (Å²) in [6, 6.07) is 17.2. The third-order valence-corrected chi connectivity index (χ3v) is 5.89. The minimum Gasteiger partial charge on any atom is -0.488 e. The van der Waals surface area contributed by atoms with Gasteiger partial charge in [-0.25, -0.2) is 4.98 Å². The van der Waals surface area contributed by atoms with Crippen LogP contribution in [0.15, 0.2) is 72.1 Å². The summed E-state index contributed by atoms with van der Waals surface area (Å²) in [7, 11) is 0. The van der Waals surface area contributed by atoms with Gasteiger partial charge in [-0.1, -0.05) is 30.3 Å². The summed E-state index contributed by atoms with van der Waals surface area (Å²) in [4.78, 5) is 5.56. The molecule has 0 fully saturated rings. The summed E-state index contributed by atoms with van der Waals surface area (Å²) in [6.07, 6.45) is 7.96. The summed E-state index contributed by atoms with van der Waals surface area (Å²) in [5.74, 6) is 0.931. The van der Waals surface area contributed by atoms with Gasteiger partial charge >= 0.3 is 0 Å². The first-order valence-electron chi connectivity index (χ1n) is 9.85. The first-order valence-corrected chi connectivity index (χ1v) is 10.7. The van der Waals surface area contributed by atoms with Gasteiger partial charge in [0.1, 0.15) is 11.4 Å². The molecule has 3 aromatic rings. The highest BCUT2D eigenvalue weighted by atomic mass is 32.2. The van der Waals surface area contributed by atoms with Crippen molar-refractivity contribution in [2.24, 2.45) is 0 Å².